The van der Waals surface area contributed by atoms with Crippen molar-refractivity contribution in [2.45, 2.75) is 20.8 Å². The monoisotopic (exact) mass is 191 g/mol. The van der Waals surface area contributed by atoms with Crippen molar-refractivity contribution in [3.63, 3.8) is 0 Å². The van der Waals surface area contributed by atoms with Gasteiger partial charge in [0, 0.05) is 0 Å². The third kappa shape index (κ3) is 11.4. The number of nitrogens with two attached hydrogens (primary N) is 1. The summed E-state index contributed by atoms with van der Waals surface area (Å²) in [6, 6.07) is 0. The molecule has 0 saturated heterocycles. The molecule has 0 aromatic rings. The molecule has 0 radical (unpaired) electrons. The number of hydrogen-bond acceptors (Lipinski definition) is 4. The minimum absolute atomic E-state index is 0.146. The summed E-state index contributed by atoms with van der Waals surface area (Å²) in [5, 5.41) is 8.34. The predicted molar refractivity (Wildman–Crippen MR) is 52.2 cm³/mol. The van der Waals surface area contributed by atoms with Gasteiger partial charge in [0.05, 0.1) is 19.6 Å². The van der Waals surface area contributed by atoms with Gasteiger partial charge in [0.1, 0.15) is 0 Å². The Labute approximate surface area is 80.1 Å². The van der Waals surface area contributed by atoms with Crippen LogP contribution < -0.4 is 5.73 Å². The highest BCUT2D eigenvalue weighted by molar-refractivity contribution is 5.71. The molecule has 13 heavy (non-hydrogen) atoms. The van der Waals surface area contributed by atoms with Crippen LogP contribution in [0.3, 0.4) is 0 Å². The predicted octanol–water partition coefficient (Wildman–Crippen LogP) is 0.389. The van der Waals surface area contributed by atoms with E-state index in [9.17, 15) is 4.79 Å². The standard InChI is InChI=1S/C5H10O3.C4H11N/c1-4(3-6)5(7)8-2;1-4(2)3-5/h4,6H,3H2,1-2H3;4H,3,5H2,1-2H3. The summed E-state index contributed by atoms with van der Waals surface area (Å²) in [5.74, 6) is -0.0949. The Morgan fingerprint density at radius 3 is 1.92 bits per heavy atom. The maximum atomic E-state index is 10.4. The van der Waals surface area contributed by atoms with Crippen molar-refractivity contribution in [2.24, 2.45) is 17.6 Å². The first-order chi connectivity index (χ1) is 5.99. The van der Waals surface area contributed by atoms with Crippen LogP contribution in [0.2, 0.25) is 0 Å². The van der Waals surface area contributed by atoms with Crippen LogP contribution >= 0.6 is 0 Å². The molecule has 0 amide bonds. The molecule has 0 aliphatic carbocycles. The van der Waals surface area contributed by atoms with E-state index in [2.05, 4.69) is 18.6 Å². The second-order valence-electron chi connectivity index (χ2n) is 3.24. The number of esters is 1. The van der Waals surface area contributed by atoms with E-state index >= 15 is 0 Å². The normalized spacial score (nSPS) is 11.6. The molecule has 0 aliphatic rings. The van der Waals surface area contributed by atoms with Gasteiger partial charge in [-0.1, -0.05) is 13.8 Å². The molecule has 0 bridgehead atoms. The fraction of sp³-hybridized carbons (Fsp3) is 0.889. The zero-order valence-corrected chi connectivity index (χ0v) is 8.91. The van der Waals surface area contributed by atoms with Gasteiger partial charge in [-0.15, -0.1) is 0 Å². The zero-order valence-electron chi connectivity index (χ0n) is 8.91. The summed E-state index contributed by atoms with van der Waals surface area (Å²) < 4.78 is 4.30. The Bertz CT molecular complexity index is 126. The maximum absolute atomic E-state index is 10.4. The van der Waals surface area contributed by atoms with E-state index in [-0.39, 0.29) is 18.5 Å². The van der Waals surface area contributed by atoms with Crippen molar-refractivity contribution in [3.05, 3.63) is 0 Å². The third-order valence-electron chi connectivity index (χ3n) is 1.35. The summed E-state index contributed by atoms with van der Waals surface area (Å²) in [6.07, 6.45) is 0. The molecule has 0 spiro atoms. The lowest BCUT2D eigenvalue weighted by Crippen LogP contribution is -2.15. The number of carbonyl (C=O) groups excluding carboxylic acids is 1. The molecule has 3 N–H and O–H groups in total. The molecule has 0 saturated carbocycles. The van der Waals surface area contributed by atoms with Crippen molar-refractivity contribution in [3.8, 4) is 0 Å². The van der Waals surface area contributed by atoms with Crippen LogP contribution in [0.4, 0.5) is 0 Å². The number of hydrogen-bond donors (Lipinski definition) is 2. The van der Waals surface area contributed by atoms with Gasteiger partial charge in [-0.25, -0.2) is 0 Å². The molecule has 0 fully saturated rings. The van der Waals surface area contributed by atoms with Gasteiger partial charge in [-0.2, -0.15) is 0 Å². The summed E-state index contributed by atoms with van der Waals surface area (Å²) in [7, 11) is 1.30. The largest absolute Gasteiger partial charge is 0.469 e. The van der Waals surface area contributed by atoms with Crippen LogP contribution in [0.1, 0.15) is 20.8 Å². The molecular weight excluding hydrogens is 170 g/mol. The van der Waals surface area contributed by atoms with Crippen LogP contribution in [0.25, 0.3) is 0 Å². The Morgan fingerprint density at radius 1 is 1.46 bits per heavy atom. The second-order valence-corrected chi connectivity index (χ2v) is 3.24. The van der Waals surface area contributed by atoms with Crippen LogP contribution in [0.5, 0.6) is 0 Å². The van der Waals surface area contributed by atoms with Crippen LogP contribution in [0.15, 0.2) is 0 Å². The molecular formula is C9H21NO3. The van der Waals surface area contributed by atoms with E-state index < -0.39 is 0 Å². The summed E-state index contributed by atoms with van der Waals surface area (Å²) in [4.78, 5) is 10.4. The first-order valence-electron chi connectivity index (χ1n) is 4.38. The fourth-order valence-electron chi connectivity index (χ4n) is 0.276. The molecule has 0 rings (SSSR count). The highest BCUT2D eigenvalue weighted by Crippen LogP contribution is 1.93. The van der Waals surface area contributed by atoms with E-state index in [1.165, 1.54) is 7.11 Å². The topological polar surface area (TPSA) is 72.5 Å². The number of rotatable bonds is 3. The molecule has 4 nitrogen and oxygen atoms in total. The molecule has 80 valence electrons. The smallest absolute Gasteiger partial charge is 0.310 e. The molecule has 1 atom stereocenters. The van der Waals surface area contributed by atoms with Crippen LogP contribution in [0, 0.1) is 11.8 Å². The van der Waals surface area contributed by atoms with Gasteiger partial charge in [-0.3, -0.25) is 4.79 Å². The van der Waals surface area contributed by atoms with Crippen molar-refractivity contribution in [1.29, 1.82) is 0 Å². The zero-order chi connectivity index (χ0) is 10.9. The molecule has 4 heteroatoms. The lowest BCUT2D eigenvalue weighted by atomic mass is 10.2. The van der Waals surface area contributed by atoms with E-state index in [1.807, 2.05) is 0 Å². The van der Waals surface area contributed by atoms with E-state index in [4.69, 9.17) is 10.8 Å². The quantitative estimate of drug-likeness (QED) is 0.633. The number of ether oxygens (including phenoxy) is 1. The summed E-state index contributed by atoms with van der Waals surface area (Å²) >= 11 is 0. The molecule has 0 aromatic heterocycles. The average Bonchev–Trinajstić information content (AvgIpc) is 2.16. The van der Waals surface area contributed by atoms with Gasteiger partial charge in [0.2, 0.25) is 0 Å². The van der Waals surface area contributed by atoms with Crippen LogP contribution in [-0.4, -0.2) is 31.3 Å². The number of methoxy groups -OCH3 is 1. The SMILES string of the molecule is CC(C)CN.COC(=O)C(C)CO. The Kier molecular flexibility index (Phi) is 10.9. The Morgan fingerprint density at radius 2 is 1.85 bits per heavy atom. The molecule has 0 heterocycles. The van der Waals surface area contributed by atoms with Crippen molar-refractivity contribution < 1.29 is 14.6 Å². The van der Waals surface area contributed by atoms with Gasteiger partial charge < -0.3 is 15.6 Å². The maximum Gasteiger partial charge on any atom is 0.310 e. The van der Waals surface area contributed by atoms with Crippen LogP contribution in [-0.2, 0) is 9.53 Å². The third-order valence-corrected chi connectivity index (χ3v) is 1.35. The van der Waals surface area contributed by atoms with Crippen molar-refractivity contribution >= 4 is 5.97 Å². The number of aliphatic hydroxyl groups is 1. The molecule has 0 aromatic carbocycles. The first kappa shape index (κ1) is 14.9. The highest BCUT2D eigenvalue weighted by Gasteiger charge is 2.09. The fourth-order valence-corrected chi connectivity index (χ4v) is 0.276. The van der Waals surface area contributed by atoms with Gasteiger partial charge in [-0.05, 0) is 19.4 Å². The summed E-state index contributed by atoms with van der Waals surface area (Å²) in [5.41, 5.74) is 5.17. The molecule has 0 aliphatic heterocycles. The molecule has 1 unspecified atom stereocenters. The van der Waals surface area contributed by atoms with E-state index in [0.29, 0.717) is 5.92 Å². The average molecular weight is 191 g/mol. The van der Waals surface area contributed by atoms with Crippen molar-refractivity contribution in [1.82, 2.24) is 0 Å². The lowest BCUT2D eigenvalue weighted by molar-refractivity contribution is -0.146. The van der Waals surface area contributed by atoms with Crippen molar-refractivity contribution in [2.75, 3.05) is 20.3 Å². The highest BCUT2D eigenvalue weighted by atomic mass is 16.5. The van der Waals surface area contributed by atoms with E-state index in [0.717, 1.165) is 6.54 Å². The first-order valence-corrected chi connectivity index (χ1v) is 4.38. The van der Waals surface area contributed by atoms with Gasteiger partial charge >= 0.3 is 5.97 Å². The lowest BCUT2D eigenvalue weighted by Gasteiger charge is -2.02. The Balaban J connectivity index is 0. The Hall–Kier alpha value is -0.610. The van der Waals surface area contributed by atoms with E-state index in [1.54, 1.807) is 6.92 Å². The summed E-state index contributed by atoms with van der Waals surface area (Å²) in [6.45, 7) is 6.46. The van der Waals surface area contributed by atoms with Gasteiger partial charge in [0.15, 0.2) is 0 Å². The number of carbonyl (C=O) groups is 1. The minimum Gasteiger partial charge on any atom is -0.469 e. The van der Waals surface area contributed by atoms with Gasteiger partial charge in [0.25, 0.3) is 0 Å². The second kappa shape index (κ2) is 9.48. The number of aliphatic hydroxyl groups excluding tert-OH is 1. The minimum atomic E-state index is -0.389.